The Morgan fingerprint density at radius 2 is 1.88 bits per heavy atom. The Kier molecular flexibility index (Phi) is 5.01. The second-order valence-electron chi connectivity index (χ2n) is 4.23. The fourth-order valence-corrected chi connectivity index (χ4v) is 2.23. The van der Waals surface area contributed by atoms with E-state index in [-0.39, 0.29) is 5.91 Å². The van der Waals surface area contributed by atoms with E-state index < -0.39 is 5.38 Å². The van der Waals surface area contributed by atoms with Gasteiger partial charge in [-0.2, -0.15) is 0 Å². The second-order valence-corrected chi connectivity index (χ2v) is 4.67. The molecule has 0 aromatic heterocycles. The van der Waals surface area contributed by atoms with Crippen molar-refractivity contribution in [2.24, 2.45) is 0 Å². The minimum atomic E-state index is -0.574. The van der Waals surface area contributed by atoms with E-state index >= 15 is 0 Å². The molecule has 0 radical (unpaired) electrons. The Balaban J connectivity index is 2.99. The fourth-order valence-electron chi connectivity index (χ4n) is 1.86. The Labute approximate surface area is 109 Å². The van der Waals surface area contributed by atoms with Crippen LogP contribution in [0.25, 0.3) is 0 Å². The molecule has 94 valence electrons. The summed E-state index contributed by atoms with van der Waals surface area (Å²) in [6.07, 6.45) is 0. The van der Waals surface area contributed by atoms with Crippen molar-refractivity contribution in [3.63, 3.8) is 0 Å². The van der Waals surface area contributed by atoms with Crippen molar-refractivity contribution in [3.05, 3.63) is 34.9 Å². The van der Waals surface area contributed by atoms with Crippen molar-refractivity contribution in [1.82, 2.24) is 4.90 Å². The Bertz CT molecular complexity index is 399. The molecule has 1 atom stereocenters. The van der Waals surface area contributed by atoms with Gasteiger partial charge in [-0.05, 0) is 38.8 Å². The van der Waals surface area contributed by atoms with Crippen LogP contribution in [0.2, 0.25) is 0 Å². The van der Waals surface area contributed by atoms with E-state index in [1.807, 2.05) is 45.9 Å². The molecule has 0 saturated heterocycles. The van der Waals surface area contributed by atoms with Crippen LogP contribution in [-0.2, 0) is 4.79 Å². The summed E-state index contributed by atoms with van der Waals surface area (Å²) < 4.78 is 0. The maximum atomic E-state index is 12.2. The maximum absolute atomic E-state index is 12.2. The molecule has 1 unspecified atom stereocenters. The van der Waals surface area contributed by atoms with Gasteiger partial charge in [0.05, 0.1) is 0 Å². The molecular formula is C14H20ClNO. The van der Waals surface area contributed by atoms with Crippen LogP contribution < -0.4 is 0 Å². The molecule has 0 aliphatic heterocycles. The van der Waals surface area contributed by atoms with Gasteiger partial charge in [0.25, 0.3) is 0 Å². The minimum absolute atomic E-state index is 0.00892. The molecule has 2 nitrogen and oxygen atoms in total. The summed E-state index contributed by atoms with van der Waals surface area (Å²) in [6, 6.07) is 6.04. The molecule has 0 fully saturated rings. The molecule has 0 saturated carbocycles. The van der Waals surface area contributed by atoms with Gasteiger partial charge in [0.15, 0.2) is 0 Å². The third-order valence-corrected chi connectivity index (χ3v) is 3.42. The molecule has 0 bridgehead atoms. The first-order chi connectivity index (χ1) is 8.01. The zero-order valence-electron chi connectivity index (χ0n) is 11.0. The number of nitrogens with zero attached hydrogens (tertiary/aromatic N) is 1. The highest BCUT2D eigenvalue weighted by atomic mass is 35.5. The van der Waals surface area contributed by atoms with Crippen LogP contribution in [0, 0.1) is 13.8 Å². The van der Waals surface area contributed by atoms with Gasteiger partial charge >= 0.3 is 0 Å². The van der Waals surface area contributed by atoms with Gasteiger partial charge in [-0.15, -0.1) is 11.6 Å². The van der Waals surface area contributed by atoms with E-state index in [2.05, 4.69) is 0 Å². The van der Waals surface area contributed by atoms with Gasteiger partial charge in [-0.3, -0.25) is 4.79 Å². The molecule has 0 spiro atoms. The lowest BCUT2D eigenvalue weighted by molar-refractivity contribution is -0.130. The lowest BCUT2D eigenvalue weighted by atomic mass is 10.0. The van der Waals surface area contributed by atoms with E-state index in [0.29, 0.717) is 13.1 Å². The van der Waals surface area contributed by atoms with Gasteiger partial charge in [0.2, 0.25) is 5.91 Å². The van der Waals surface area contributed by atoms with Crippen molar-refractivity contribution in [3.8, 4) is 0 Å². The first-order valence-corrected chi connectivity index (χ1v) is 6.44. The number of aryl methyl sites for hydroxylation is 2. The molecule has 1 aromatic rings. The van der Waals surface area contributed by atoms with Crippen LogP contribution in [0.1, 0.15) is 35.9 Å². The smallest absolute Gasteiger partial charge is 0.245 e. The summed E-state index contributed by atoms with van der Waals surface area (Å²) in [5.41, 5.74) is 3.11. The van der Waals surface area contributed by atoms with Crippen LogP contribution in [0.4, 0.5) is 0 Å². The molecule has 0 heterocycles. The highest BCUT2D eigenvalue weighted by Crippen LogP contribution is 2.26. The number of benzene rings is 1. The Morgan fingerprint density at radius 1 is 1.29 bits per heavy atom. The van der Waals surface area contributed by atoms with E-state index in [9.17, 15) is 4.79 Å². The minimum Gasteiger partial charge on any atom is -0.342 e. The van der Waals surface area contributed by atoms with E-state index in [1.165, 1.54) is 0 Å². The summed E-state index contributed by atoms with van der Waals surface area (Å²) in [5.74, 6) is -0.00892. The summed E-state index contributed by atoms with van der Waals surface area (Å²) in [5, 5.41) is -0.574. The Hall–Kier alpha value is -1.02. The lowest BCUT2D eigenvalue weighted by Crippen LogP contribution is -2.33. The predicted molar refractivity (Wildman–Crippen MR) is 72.4 cm³/mol. The zero-order valence-corrected chi connectivity index (χ0v) is 11.7. The standard InChI is InChI=1S/C14H20ClNO/c1-5-16(6-2)14(17)13(15)12-9-10(3)7-8-11(12)4/h7-9,13H,5-6H2,1-4H3. The number of likely N-dealkylation sites (N-methyl/N-ethyl adjacent to an activating group) is 1. The number of halogens is 1. The molecule has 0 N–H and O–H groups in total. The second kappa shape index (κ2) is 6.06. The van der Waals surface area contributed by atoms with Crippen LogP contribution in [0.5, 0.6) is 0 Å². The van der Waals surface area contributed by atoms with Crippen LogP contribution in [-0.4, -0.2) is 23.9 Å². The first-order valence-electron chi connectivity index (χ1n) is 6.01. The molecule has 1 amide bonds. The summed E-state index contributed by atoms with van der Waals surface area (Å²) in [7, 11) is 0. The molecule has 0 aliphatic carbocycles. The van der Waals surface area contributed by atoms with Crippen molar-refractivity contribution in [1.29, 1.82) is 0 Å². The average molecular weight is 254 g/mol. The maximum Gasteiger partial charge on any atom is 0.245 e. The molecule has 0 aliphatic rings. The number of amides is 1. The SMILES string of the molecule is CCN(CC)C(=O)C(Cl)c1cc(C)ccc1C. The van der Waals surface area contributed by atoms with Crippen molar-refractivity contribution in [2.75, 3.05) is 13.1 Å². The average Bonchev–Trinajstić information content (AvgIpc) is 2.32. The molecule has 3 heteroatoms. The lowest BCUT2D eigenvalue weighted by Gasteiger charge is -2.22. The van der Waals surface area contributed by atoms with Gasteiger partial charge in [-0.1, -0.05) is 23.8 Å². The normalized spacial score (nSPS) is 12.3. The number of carbonyl (C=O) groups excluding carboxylic acids is 1. The van der Waals surface area contributed by atoms with Crippen LogP contribution >= 0.6 is 11.6 Å². The van der Waals surface area contributed by atoms with Crippen molar-refractivity contribution >= 4 is 17.5 Å². The third kappa shape index (κ3) is 3.22. The van der Waals surface area contributed by atoms with E-state index in [4.69, 9.17) is 11.6 Å². The quantitative estimate of drug-likeness (QED) is 0.753. The molecule has 1 rings (SSSR count). The number of rotatable bonds is 4. The van der Waals surface area contributed by atoms with E-state index in [0.717, 1.165) is 16.7 Å². The summed E-state index contributed by atoms with van der Waals surface area (Å²) >= 11 is 6.29. The first kappa shape index (κ1) is 14.0. The number of alkyl halides is 1. The van der Waals surface area contributed by atoms with Crippen LogP contribution in [0.15, 0.2) is 18.2 Å². The zero-order chi connectivity index (χ0) is 13.0. The van der Waals surface area contributed by atoms with Gasteiger partial charge in [0.1, 0.15) is 5.38 Å². The molecule has 17 heavy (non-hydrogen) atoms. The predicted octanol–water partition coefficient (Wildman–Crippen LogP) is 3.45. The number of carbonyl (C=O) groups is 1. The summed E-state index contributed by atoms with van der Waals surface area (Å²) in [4.78, 5) is 13.9. The van der Waals surface area contributed by atoms with Crippen LogP contribution in [0.3, 0.4) is 0 Å². The molecule has 1 aromatic carbocycles. The fraction of sp³-hybridized carbons (Fsp3) is 0.500. The van der Waals surface area contributed by atoms with Crippen molar-refractivity contribution < 1.29 is 4.79 Å². The topological polar surface area (TPSA) is 20.3 Å². The number of hydrogen-bond acceptors (Lipinski definition) is 1. The highest BCUT2D eigenvalue weighted by molar-refractivity contribution is 6.30. The third-order valence-electron chi connectivity index (χ3n) is 3.00. The summed E-state index contributed by atoms with van der Waals surface area (Å²) in [6.45, 7) is 9.32. The van der Waals surface area contributed by atoms with Gasteiger partial charge in [0, 0.05) is 13.1 Å². The Morgan fingerprint density at radius 3 is 2.41 bits per heavy atom. The largest absolute Gasteiger partial charge is 0.342 e. The highest BCUT2D eigenvalue weighted by Gasteiger charge is 2.23. The molecular weight excluding hydrogens is 234 g/mol. The van der Waals surface area contributed by atoms with Gasteiger partial charge < -0.3 is 4.90 Å². The number of hydrogen-bond donors (Lipinski definition) is 0. The van der Waals surface area contributed by atoms with E-state index in [1.54, 1.807) is 4.90 Å². The monoisotopic (exact) mass is 253 g/mol. The van der Waals surface area contributed by atoms with Crippen molar-refractivity contribution in [2.45, 2.75) is 33.1 Å². The van der Waals surface area contributed by atoms with Gasteiger partial charge in [-0.25, -0.2) is 0 Å².